The van der Waals surface area contributed by atoms with Gasteiger partial charge in [-0.1, -0.05) is 23.5 Å². The molecule has 1 saturated heterocycles. The fourth-order valence-corrected chi connectivity index (χ4v) is 4.79. The van der Waals surface area contributed by atoms with Crippen LogP contribution in [0.2, 0.25) is 0 Å². The third-order valence-electron chi connectivity index (χ3n) is 5.37. The lowest BCUT2D eigenvalue weighted by Gasteiger charge is -2.23. The molecule has 0 radical (unpaired) electrons. The van der Waals surface area contributed by atoms with E-state index in [2.05, 4.69) is 4.98 Å². The molecule has 152 valence electrons. The SMILES string of the molecule is Cc1nc2cc(F)ccc2cc1C(=O)N(CC1CCCO1)c1nc2ccccc2s1. The second kappa shape index (κ2) is 7.74. The van der Waals surface area contributed by atoms with E-state index in [0.717, 1.165) is 28.4 Å². The maximum atomic E-state index is 13.7. The molecule has 1 atom stereocenters. The highest BCUT2D eigenvalue weighted by atomic mass is 32.1. The Balaban J connectivity index is 1.57. The number of halogens is 1. The quantitative estimate of drug-likeness (QED) is 0.459. The highest BCUT2D eigenvalue weighted by Crippen LogP contribution is 2.31. The molecular formula is C23H20FN3O2S. The predicted molar refractivity (Wildman–Crippen MR) is 117 cm³/mol. The molecule has 2 aromatic heterocycles. The number of pyridine rings is 1. The third kappa shape index (κ3) is 3.55. The average Bonchev–Trinajstić information content (AvgIpc) is 3.40. The Kier molecular flexibility index (Phi) is 4.92. The van der Waals surface area contributed by atoms with Crippen molar-refractivity contribution in [1.82, 2.24) is 9.97 Å². The Hall–Kier alpha value is -2.90. The van der Waals surface area contributed by atoms with Gasteiger partial charge in [0.2, 0.25) is 0 Å². The van der Waals surface area contributed by atoms with Gasteiger partial charge in [-0.15, -0.1) is 0 Å². The van der Waals surface area contributed by atoms with Gasteiger partial charge in [-0.05, 0) is 50.1 Å². The van der Waals surface area contributed by atoms with Crippen molar-refractivity contribution in [2.24, 2.45) is 0 Å². The topological polar surface area (TPSA) is 55.3 Å². The molecule has 7 heteroatoms. The molecule has 0 spiro atoms. The summed E-state index contributed by atoms with van der Waals surface area (Å²) in [7, 11) is 0. The summed E-state index contributed by atoms with van der Waals surface area (Å²) in [6.07, 6.45) is 1.90. The Morgan fingerprint density at radius 1 is 1.20 bits per heavy atom. The minimum atomic E-state index is -0.344. The second-order valence-corrected chi connectivity index (χ2v) is 8.48. The van der Waals surface area contributed by atoms with E-state index in [-0.39, 0.29) is 17.8 Å². The molecule has 30 heavy (non-hydrogen) atoms. The lowest BCUT2D eigenvalue weighted by Crippen LogP contribution is -2.38. The number of hydrogen-bond acceptors (Lipinski definition) is 5. The number of carbonyl (C=O) groups excluding carboxylic acids is 1. The zero-order valence-electron chi connectivity index (χ0n) is 16.5. The summed E-state index contributed by atoms with van der Waals surface area (Å²) < 4.78 is 20.4. The number of amides is 1. The second-order valence-electron chi connectivity index (χ2n) is 7.47. The smallest absolute Gasteiger partial charge is 0.262 e. The first-order valence-corrected chi connectivity index (χ1v) is 10.8. The van der Waals surface area contributed by atoms with Gasteiger partial charge in [0.05, 0.1) is 39.6 Å². The number of ether oxygens (including phenoxy) is 1. The number of para-hydroxylation sites is 1. The van der Waals surface area contributed by atoms with E-state index in [1.54, 1.807) is 24.0 Å². The van der Waals surface area contributed by atoms with Crippen LogP contribution in [-0.2, 0) is 4.74 Å². The largest absolute Gasteiger partial charge is 0.376 e. The molecule has 5 rings (SSSR count). The standard InChI is InChI=1S/C23H20FN3O2S/c1-14-18(11-15-8-9-16(24)12-20(15)25-14)22(28)27(13-17-5-4-10-29-17)23-26-19-6-2-3-7-21(19)30-23/h2-3,6-9,11-12,17H,4-5,10,13H2,1H3. The maximum absolute atomic E-state index is 13.7. The molecule has 1 aliphatic heterocycles. The molecule has 3 heterocycles. The number of anilines is 1. The summed E-state index contributed by atoms with van der Waals surface area (Å²) in [5, 5.41) is 1.38. The van der Waals surface area contributed by atoms with Crippen molar-refractivity contribution in [1.29, 1.82) is 0 Å². The Morgan fingerprint density at radius 2 is 2.07 bits per heavy atom. The molecule has 2 aromatic carbocycles. The molecule has 1 fully saturated rings. The number of benzene rings is 2. The van der Waals surface area contributed by atoms with Crippen LogP contribution < -0.4 is 4.90 Å². The van der Waals surface area contributed by atoms with Crippen LogP contribution in [0.1, 0.15) is 28.9 Å². The highest BCUT2D eigenvalue weighted by Gasteiger charge is 2.28. The first-order chi connectivity index (χ1) is 14.6. The Bertz CT molecular complexity index is 1220. The van der Waals surface area contributed by atoms with E-state index in [0.29, 0.717) is 35.1 Å². The van der Waals surface area contributed by atoms with Gasteiger partial charge in [0, 0.05) is 18.1 Å². The number of fused-ring (bicyclic) bond motifs is 2. The van der Waals surface area contributed by atoms with Gasteiger partial charge in [-0.2, -0.15) is 0 Å². The lowest BCUT2D eigenvalue weighted by atomic mass is 10.1. The first-order valence-electron chi connectivity index (χ1n) is 9.94. The first kappa shape index (κ1) is 19.1. The van der Waals surface area contributed by atoms with Crippen molar-refractivity contribution in [3.8, 4) is 0 Å². The van der Waals surface area contributed by atoms with E-state index in [1.165, 1.54) is 23.5 Å². The van der Waals surface area contributed by atoms with Gasteiger partial charge in [-0.3, -0.25) is 14.7 Å². The van der Waals surface area contributed by atoms with Crippen LogP contribution in [0.5, 0.6) is 0 Å². The minimum Gasteiger partial charge on any atom is -0.376 e. The monoisotopic (exact) mass is 421 g/mol. The number of aromatic nitrogens is 2. The molecule has 0 bridgehead atoms. The highest BCUT2D eigenvalue weighted by molar-refractivity contribution is 7.22. The maximum Gasteiger partial charge on any atom is 0.262 e. The molecule has 5 nitrogen and oxygen atoms in total. The van der Waals surface area contributed by atoms with Crippen molar-refractivity contribution in [2.45, 2.75) is 25.9 Å². The summed E-state index contributed by atoms with van der Waals surface area (Å²) in [5.74, 6) is -0.510. The summed E-state index contributed by atoms with van der Waals surface area (Å²) in [4.78, 5) is 24.5. The molecule has 4 aromatic rings. The summed E-state index contributed by atoms with van der Waals surface area (Å²) in [6, 6.07) is 14.1. The van der Waals surface area contributed by atoms with E-state index in [4.69, 9.17) is 9.72 Å². The van der Waals surface area contributed by atoms with Gasteiger partial charge in [0.1, 0.15) is 5.82 Å². The molecule has 1 amide bonds. The van der Waals surface area contributed by atoms with Crippen LogP contribution >= 0.6 is 11.3 Å². The zero-order valence-corrected chi connectivity index (χ0v) is 17.3. The van der Waals surface area contributed by atoms with Gasteiger partial charge in [0.15, 0.2) is 5.13 Å². The molecular weight excluding hydrogens is 401 g/mol. The Labute approximate surface area is 177 Å². The van der Waals surface area contributed by atoms with E-state index in [9.17, 15) is 9.18 Å². The van der Waals surface area contributed by atoms with E-state index in [1.807, 2.05) is 24.3 Å². The Morgan fingerprint density at radius 3 is 2.87 bits per heavy atom. The summed E-state index contributed by atoms with van der Waals surface area (Å²) in [6.45, 7) is 2.94. The fraction of sp³-hybridized carbons (Fsp3) is 0.261. The normalized spacial score (nSPS) is 16.4. The predicted octanol–water partition coefficient (Wildman–Crippen LogP) is 5.12. The molecule has 1 unspecified atom stereocenters. The molecule has 0 N–H and O–H groups in total. The van der Waals surface area contributed by atoms with Crippen molar-refractivity contribution in [3.63, 3.8) is 0 Å². The van der Waals surface area contributed by atoms with Gasteiger partial charge < -0.3 is 4.74 Å². The van der Waals surface area contributed by atoms with Crippen LogP contribution in [0.3, 0.4) is 0 Å². The number of thiazole rings is 1. The molecule has 0 saturated carbocycles. The van der Waals surface area contributed by atoms with Gasteiger partial charge >= 0.3 is 0 Å². The minimum absolute atomic E-state index is 0.0104. The number of nitrogens with zero attached hydrogens (tertiary/aromatic N) is 3. The number of carbonyl (C=O) groups is 1. The van der Waals surface area contributed by atoms with Crippen LogP contribution in [0.4, 0.5) is 9.52 Å². The van der Waals surface area contributed by atoms with Crippen LogP contribution in [0.25, 0.3) is 21.1 Å². The van der Waals surface area contributed by atoms with Crippen molar-refractivity contribution in [3.05, 3.63) is 65.6 Å². The summed E-state index contributed by atoms with van der Waals surface area (Å²) >= 11 is 1.49. The van der Waals surface area contributed by atoms with Crippen molar-refractivity contribution in [2.75, 3.05) is 18.1 Å². The molecule has 0 aliphatic carbocycles. The van der Waals surface area contributed by atoms with Crippen LogP contribution in [0, 0.1) is 12.7 Å². The number of aryl methyl sites for hydroxylation is 1. The fourth-order valence-electron chi connectivity index (χ4n) is 3.81. The van der Waals surface area contributed by atoms with Gasteiger partial charge in [-0.25, -0.2) is 9.37 Å². The van der Waals surface area contributed by atoms with Crippen LogP contribution in [-0.4, -0.2) is 35.1 Å². The lowest BCUT2D eigenvalue weighted by molar-refractivity contribution is 0.0916. The summed E-state index contributed by atoms with van der Waals surface area (Å²) in [5.41, 5.74) is 2.46. The van der Waals surface area contributed by atoms with E-state index >= 15 is 0 Å². The number of hydrogen-bond donors (Lipinski definition) is 0. The third-order valence-corrected chi connectivity index (χ3v) is 6.43. The zero-order chi connectivity index (χ0) is 20.7. The van der Waals surface area contributed by atoms with Crippen molar-refractivity contribution >= 4 is 43.5 Å². The van der Waals surface area contributed by atoms with Crippen molar-refractivity contribution < 1.29 is 13.9 Å². The molecule has 1 aliphatic rings. The van der Waals surface area contributed by atoms with Crippen LogP contribution in [0.15, 0.2) is 48.5 Å². The number of rotatable bonds is 4. The average molecular weight is 421 g/mol. The van der Waals surface area contributed by atoms with E-state index < -0.39 is 0 Å². The van der Waals surface area contributed by atoms with Gasteiger partial charge in [0.25, 0.3) is 5.91 Å².